The van der Waals surface area contributed by atoms with E-state index in [1.54, 1.807) is 6.07 Å². The summed E-state index contributed by atoms with van der Waals surface area (Å²) in [6, 6.07) is 1.71. The average molecular weight is 194 g/mol. The molecule has 5 nitrogen and oxygen atoms in total. The number of carbonyl (C=O) groups excluding carboxylic acids is 1. The van der Waals surface area contributed by atoms with Crippen LogP contribution < -0.4 is 11.1 Å². The summed E-state index contributed by atoms with van der Waals surface area (Å²) in [5, 5.41) is 9.35. The predicted molar refractivity (Wildman–Crippen MR) is 51.8 cm³/mol. The molecule has 14 heavy (non-hydrogen) atoms. The Bertz CT molecular complexity index is 353. The molecule has 0 atom stereocenters. The summed E-state index contributed by atoms with van der Waals surface area (Å²) in [5.74, 6) is -0.161. The van der Waals surface area contributed by atoms with E-state index in [1.807, 2.05) is 6.92 Å². The Morgan fingerprint density at radius 2 is 2.50 bits per heavy atom. The van der Waals surface area contributed by atoms with E-state index in [0.717, 1.165) is 18.5 Å². The maximum Gasteiger partial charge on any atom is 0.271 e. The van der Waals surface area contributed by atoms with Gasteiger partial charge in [0.05, 0.1) is 0 Å². The highest BCUT2D eigenvalue weighted by molar-refractivity contribution is 5.92. The van der Waals surface area contributed by atoms with Crippen molar-refractivity contribution < 1.29 is 4.79 Å². The molecular weight excluding hydrogens is 180 g/mol. The number of nitrogens with one attached hydrogen (secondary N) is 2. The molecule has 1 aromatic rings. The molecule has 5 heteroatoms. The van der Waals surface area contributed by atoms with Gasteiger partial charge in [-0.05, 0) is 25.8 Å². The molecule has 0 bridgehead atoms. The summed E-state index contributed by atoms with van der Waals surface area (Å²) in [4.78, 5) is 11.5. The number of hydrogen-bond acceptors (Lipinski definition) is 3. The number of amides is 1. The van der Waals surface area contributed by atoms with Crippen LogP contribution in [0, 0.1) is 6.92 Å². The van der Waals surface area contributed by atoms with Gasteiger partial charge in [-0.25, -0.2) is 0 Å². The molecule has 1 aromatic heterocycles. The van der Waals surface area contributed by atoms with Gasteiger partial charge in [-0.15, -0.1) is 0 Å². The fraction of sp³-hybridized carbons (Fsp3) is 0.556. The molecule has 0 spiro atoms. The van der Waals surface area contributed by atoms with Crippen LogP contribution in [0.4, 0.5) is 0 Å². The number of rotatable bonds is 3. The molecule has 0 aromatic carbocycles. The van der Waals surface area contributed by atoms with Gasteiger partial charge in [-0.2, -0.15) is 5.10 Å². The summed E-state index contributed by atoms with van der Waals surface area (Å²) < 4.78 is 0. The minimum absolute atomic E-state index is 0.152. The van der Waals surface area contributed by atoms with Crippen LogP contribution in [0.2, 0.25) is 0 Å². The van der Waals surface area contributed by atoms with E-state index < -0.39 is 0 Å². The molecule has 0 aliphatic heterocycles. The highest BCUT2D eigenvalue weighted by Gasteiger charge is 2.38. The molecule has 4 N–H and O–H groups in total. The lowest BCUT2D eigenvalue weighted by molar-refractivity contribution is 0.0945. The summed E-state index contributed by atoms with van der Waals surface area (Å²) in [7, 11) is 0. The van der Waals surface area contributed by atoms with Gasteiger partial charge >= 0.3 is 0 Å². The number of aromatic amines is 1. The van der Waals surface area contributed by atoms with Gasteiger partial charge in [0.15, 0.2) is 0 Å². The molecule has 1 aliphatic carbocycles. The van der Waals surface area contributed by atoms with Crippen molar-refractivity contribution in [1.29, 1.82) is 0 Å². The van der Waals surface area contributed by atoms with Gasteiger partial charge in [0.1, 0.15) is 5.69 Å². The number of H-pyrrole nitrogens is 1. The van der Waals surface area contributed by atoms with Crippen molar-refractivity contribution in [3.05, 3.63) is 17.5 Å². The Hall–Kier alpha value is -1.36. The summed E-state index contributed by atoms with van der Waals surface area (Å²) in [6.45, 7) is 2.40. The minimum atomic E-state index is -0.161. The van der Waals surface area contributed by atoms with E-state index in [0.29, 0.717) is 12.2 Å². The first-order valence-corrected chi connectivity index (χ1v) is 4.68. The topological polar surface area (TPSA) is 83.8 Å². The fourth-order valence-electron chi connectivity index (χ4n) is 1.22. The third-order valence-corrected chi connectivity index (χ3v) is 2.43. The van der Waals surface area contributed by atoms with Crippen LogP contribution in [0.3, 0.4) is 0 Å². The maximum absolute atomic E-state index is 11.5. The SMILES string of the molecule is Cc1cc(C(=O)NCC2(N)CC2)n[nH]1. The molecule has 1 heterocycles. The molecule has 76 valence electrons. The van der Waals surface area contributed by atoms with E-state index in [1.165, 1.54) is 0 Å². The number of nitrogens with zero attached hydrogens (tertiary/aromatic N) is 1. The molecule has 1 amide bonds. The zero-order valence-corrected chi connectivity index (χ0v) is 8.13. The molecule has 0 saturated heterocycles. The minimum Gasteiger partial charge on any atom is -0.349 e. The van der Waals surface area contributed by atoms with Crippen LogP contribution in [0.15, 0.2) is 6.07 Å². The second-order valence-electron chi connectivity index (χ2n) is 3.98. The lowest BCUT2D eigenvalue weighted by atomic mass is 10.3. The number of hydrogen-bond donors (Lipinski definition) is 3. The fourth-order valence-corrected chi connectivity index (χ4v) is 1.22. The zero-order chi connectivity index (χ0) is 10.2. The monoisotopic (exact) mass is 194 g/mol. The smallest absolute Gasteiger partial charge is 0.271 e. The van der Waals surface area contributed by atoms with Crippen molar-refractivity contribution >= 4 is 5.91 Å². The highest BCUT2D eigenvalue weighted by Crippen LogP contribution is 2.30. The zero-order valence-electron chi connectivity index (χ0n) is 8.13. The van der Waals surface area contributed by atoms with Gasteiger partial charge < -0.3 is 11.1 Å². The van der Waals surface area contributed by atoms with Gasteiger partial charge in [0.25, 0.3) is 5.91 Å². The molecule has 1 saturated carbocycles. The van der Waals surface area contributed by atoms with Crippen molar-refractivity contribution in [2.75, 3.05) is 6.54 Å². The molecule has 1 fully saturated rings. The predicted octanol–water partition coefficient (Wildman–Crippen LogP) is -0.0608. The summed E-state index contributed by atoms with van der Waals surface area (Å²) >= 11 is 0. The molecule has 0 unspecified atom stereocenters. The second-order valence-corrected chi connectivity index (χ2v) is 3.98. The van der Waals surface area contributed by atoms with Gasteiger partial charge in [0, 0.05) is 17.8 Å². The molecule has 2 rings (SSSR count). The molecular formula is C9H14N4O. The van der Waals surface area contributed by atoms with E-state index >= 15 is 0 Å². The van der Waals surface area contributed by atoms with E-state index in [-0.39, 0.29) is 11.4 Å². The first-order chi connectivity index (χ1) is 6.59. The number of aromatic nitrogens is 2. The quantitative estimate of drug-likeness (QED) is 0.630. The van der Waals surface area contributed by atoms with E-state index in [9.17, 15) is 4.79 Å². The lowest BCUT2D eigenvalue weighted by Crippen LogP contribution is -2.39. The summed E-state index contributed by atoms with van der Waals surface area (Å²) in [6.07, 6.45) is 1.99. The maximum atomic E-state index is 11.5. The number of carbonyl (C=O) groups is 1. The van der Waals surface area contributed by atoms with Crippen LogP contribution in [-0.2, 0) is 0 Å². The van der Waals surface area contributed by atoms with Crippen LogP contribution >= 0.6 is 0 Å². The number of aryl methyl sites for hydroxylation is 1. The van der Waals surface area contributed by atoms with Crippen molar-refractivity contribution in [1.82, 2.24) is 15.5 Å². The van der Waals surface area contributed by atoms with Crippen molar-refractivity contribution in [2.45, 2.75) is 25.3 Å². The molecule has 1 aliphatic rings. The molecule has 0 radical (unpaired) electrons. The Balaban J connectivity index is 1.89. The van der Waals surface area contributed by atoms with Crippen molar-refractivity contribution in [3.8, 4) is 0 Å². The Morgan fingerprint density at radius 1 is 1.79 bits per heavy atom. The van der Waals surface area contributed by atoms with Crippen LogP contribution in [-0.4, -0.2) is 28.2 Å². The largest absolute Gasteiger partial charge is 0.349 e. The van der Waals surface area contributed by atoms with Crippen molar-refractivity contribution in [3.63, 3.8) is 0 Å². The van der Waals surface area contributed by atoms with Crippen molar-refractivity contribution in [2.24, 2.45) is 5.73 Å². The van der Waals surface area contributed by atoms with Gasteiger partial charge in [0.2, 0.25) is 0 Å². The summed E-state index contributed by atoms with van der Waals surface area (Å²) in [5.41, 5.74) is 6.99. The van der Waals surface area contributed by atoms with Crippen LogP contribution in [0.1, 0.15) is 29.0 Å². The number of nitrogens with two attached hydrogens (primary N) is 1. The second kappa shape index (κ2) is 3.09. The normalized spacial score (nSPS) is 17.9. The Kier molecular flexibility index (Phi) is 2.03. The highest BCUT2D eigenvalue weighted by atomic mass is 16.1. The lowest BCUT2D eigenvalue weighted by Gasteiger charge is -2.08. The average Bonchev–Trinajstić information content (AvgIpc) is 2.71. The van der Waals surface area contributed by atoms with Crippen LogP contribution in [0.5, 0.6) is 0 Å². The van der Waals surface area contributed by atoms with Gasteiger partial charge in [-0.1, -0.05) is 0 Å². The van der Waals surface area contributed by atoms with E-state index in [4.69, 9.17) is 5.73 Å². The van der Waals surface area contributed by atoms with Crippen LogP contribution in [0.25, 0.3) is 0 Å². The third kappa shape index (κ3) is 1.93. The van der Waals surface area contributed by atoms with Gasteiger partial charge in [-0.3, -0.25) is 9.89 Å². The standard InChI is InChI=1S/C9H14N4O/c1-6-4-7(13-12-6)8(14)11-5-9(10)2-3-9/h4H,2-3,5,10H2,1H3,(H,11,14)(H,12,13). The Morgan fingerprint density at radius 3 is 3.00 bits per heavy atom. The first kappa shape index (κ1) is 9.21. The Labute approximate surface area is 82.1 Å². The third-order valence-electron chi connectivity index (χ3n) is 2.43. The first-order valence-electron chi connectivity index (χ1n) is 4.68. The van der Waals surface area contributed by atoms with E-state index in [2.05, 4.69) is 15.5 Å².